The molecule has 4 nitrogen and oxygen atoms in total. The topological polar surface area (TPSA) is 55.4 Å². The quantitative estimate of drug-likeness (QED) is 0.700. The molecule has 0 aromatic carbocycles. The Morgan fingerprint density at radius 1 is 1.57 bits per heavy atom. The molecule has 1 aliphatic rings. The van der Waals surface area contributed by atoms with Gasteiger partial charge in [-0.1, -0.05) is 0 Å². The van der Waals surface area contributed by atoms with Gasteiger partial charge in [0.15, 0.2) is 0 Å². The number of rotatable bonds is 3. The van der Waals surface area contributed by atoms with E-state index < -0.39 is 11.7 Å². The van der Waals surface area contributed by atoms with Gasteiger partial charge in [0.05, 0.1) is 0 Å². The van der Waals surface area contributed by atoms with Crippen LogP contribution in [0.3, 0.4) is 0 Å². The molecule has 1 amide bonds. The highest BCUT2D eigenvalue weighted by Gasteiger charge is 2.38. The number of nitrogens with one attached hydrogen (secondary N) is 1. The second-order valence-corrected chi connectivity index (χ2v) is 4.65. The number of amides is 1. The lowest BCUT2D eigenvalue weighted by Crippen LogP contribution is -2.34. The van der Waals surface area contributed by atoms with E-state index >= 15 is 0 Å². The molecule has 0 unspecified atom stereocenters. The average Bonchev–Trinajstić information content (AvgIpc) is 2.63. The smallest absolute Gasteiger partial charge is 0.407 e. The maximum absolute atomic E-state index is 11.2. The number of carbonyl (C=O) groups is 2. The van der Waals surface area contributed by atoms with Gasteiger partial charge in [0.2, 0.25) is 0 Å². The van der Waals surface area contributed by atoms with Crippen molar-refractivity contribution < 1.29 is 14.3 Å². The molecule has 0 heterocycles. The van der Waals surface area contributed by atoms with Crippen molar-refractivity contribution in [3.05, 3.63) is 0 Å². The highest BCUT2D eigenvalue weighted by atomic mass is 16.6. The van der Waals surface area contributed by atoms with Gasteiger partial charge in [-0.15, -0.1) is 0 Å². The molecule has 2 atom stereocenters. The van der Waals surface area contributed by atoms with E-state index in [1.807, 2.05) is 20.8 Å². The molecule has 0 aromatic rings. The summed E-state index contributed by atoms with van der Waals surface area (Å²) in [6.07, 6.45) is 1.91. The van der Waals surface area contributed by atoms with E-state index in [9.17, 15) is 9.59 Å². The largest absolute Gasteiger partial charge is 0.444 e. The molecule has 80 valence electrons. The van der Waals surface area contributed by atoms with Gasteiger partial charge in [0, 0.05) is 12.5 Å². The molecular formula is C10H17NO3. The van der Waals surface area contributed by atoms with Crippen LogP contribution in [0.15, 0.2) is 0 Å². The minimum absolute atomic E-state index is 0.134. The second-order valence-electron chi connectivity index (χ2n) is 4.65. The summed E-state index contributed by atoms with van der Waals surface area (Å²) in [5.41, 5.74) is -0.459. The number of alkyl carbamates (subject to hydrolysis) is 1. The number of ether oxygens (including phenoxy) is 1. The summed E-state index contributed by atoms with van der Waals surface area (Å²) >= 11 is 0. The molecule has 0 bridgehead atoms. The van der Waals surface area contributed by atoms with Crippen LogP contribution in [0.5, 0.6) is 0 Å². The summed E-state index contributed by atoms with van der Waals surface area (Å²) in [6.45, 7) is 5.47. The summed E-state index contributed by atoms with van der Waals surface area (Å²) in [7, 11) is 0. The maximum Gasteiger partial charge on any atom is 0.407 e. The third-order valence-electron chi connectivity index (χ3n) is 2.02. The fourth-order valence-corrected chi connectivity index (χ4v) is 1.27. The zero-order valence-electron chi connectivity index (χ0n) is 8.87. The molecule has 0 spiro atoms. The van der Waals surface area contributed by atoms with Gasteiger partial charge in [-0.3, -0.25) is 0 Å². The van der Waals surface area contributed by atoms with Crippen LogP contribution in [0.25, 0.3) is 0 Å². The van der Waals surface area contributed by atoms with Crippen LogP contribution >= 0.6 is 0 Å². The van der Waals surface area contributed by atoms with Crippen molar-refractivity contribution in [2.24, 2.45) is 5.92 Å². The monoisotopic (exact) mass is 199 g/mol. The minimum atomic E-state index is -0.459. The highest BCUT2D eigenvalue weighted by Crippen LogP contribution is 2.32. The SMILES string of the molecule is CC(C)(C)OC(=O)N[C@H]1C[C@@H]1CC=O. The lowest BCUT2D eigenvalue weighted by Gasteiger charge is -2.19. The van der Waals surface area contributed by atoms with Gasteiger partial charge >= 0.3 is 6.09 Å². The number of hydrogen-bond acceptors (Lipinski definition) is 3. The first-order valence-corrected chi connectivity index (χ1v) is 4.85. The Labute approximate surface area is 84.0 Å². The van der Waals surface area contributed by atoms with Crippen LogP contribution in [-0.4, -0.2) is 24.0 Å². The van der Waals surface area contributed by atoms with E-state index in [-0.39, 0.29) is 6.04 Å². The van der Waals surface area contributed by atoms with E-state index in [4.69, 9.17) is 4.74 Å². The van der Waals surface area contributed by atoms with Crippen molar-refractivity contribution >= 4 is 12.4 Å². The van der Waals surface area contributed by atoms with Gasteiger partial charge in [-0.05, 0) is 33.1 Å². The van der Waals surface area contributed by atoms with Crippen LogP contribution in [0.2, 0.25) is 0 Å². The van der Waals surface area contributed by atoms with Crippen molar-refractivity contribution in [2.45, 2.75) is 45.3 Å². The van der Waals surface area contributed by atoms with Crippen LogP contribution < -0.4 is 5.32 Å². The summed E-state index contributed by atoms with van der Waals surface area (Å²) in [4.78, 5) is 21.4. The minimum Gasteiger partial charge on any atom is -0.444 e. The number of carbonyl (C=O) groups excluding carboxylic acids is 2. The molecule has 1 rings (SSSR count). The Morgan fingerprint density at radius 2 is 2.21 bits per heavy atom. The van der Waals surface area contributed by atoms with Crippen molar-refractivity contribution in [3.63, 3.8) is 0 Å². The third-order valence-corrected chi connectivity index (χ3v) is 2.02. The molecule has 14 heavy (non-hydrogen) atoms. The lowest BCUT2D eigenvalue weighted by molar-refractivity contribution is -0.108. The van der Waals surface area contributed by atoms with E-state index in [2.05, 4.69) is 5.32 Å². The maximum atomic E-state index is 11.2. The summed E-state index contributed by atoms with van der Waals surface area (Å²) < 4.78 is 5.08. The van der Waals surface area contributed by atoms with Gasteiger partial charge < -0.3 is 14.8 Å². The average molecular weight is 199 g/mol. The summed E-state index contributed by atoms with van der Waals surface area (Å²) in [6, 6.07) is 0.134. The molecular weight excluding hydrogens is 182 g/mol. The number of aldehydes is 1. The Morgan fingerprint density at radius 3 is 2.71 bits per heavy atom. The summed E-state index contributed by atoms with van der Waals surface area (Å²) in [5, 5.41) is 2.73. The van der Waals surface area contributed by atoms with E-state index in [1.54, 1.807) is 0 Å². The Hall–Kier alpha value is -1.06. The van der Waals surface area contributed by atoms with E-state index in [0.29, 0.717) is 12.3 Å². The molecule has 1 fully saturated rings. The molecule has 0 aromatic heterocycles. The van der Waals surface area contributed by atoms with E-state index in [0.717, 1.165) is 12.7 Å². The van der Waals surface area contributed by atoms with E-state index in [1.165, 1.54) is 0 Å². The zero-order valence-corrected chi connectivity index (χ0v) is 8.87. The lowest BCUT2D eigenvalue weighted by atomic mass is 10.2. The number of hydrogen-bond donors (Lipinski definition) is 1. The first kappa shape index (κ1) is 11.0. The molecule has 0 aliphatic heterocycles. The fraction of sp³-hybridized carbons (Fsp3) is 0.800. The van der Waals surface area contributed by atoms with Gasteiger partial charge in [0.25, 0.3) is 0 Å². The van der Waals surface area contributed by atoms with Crippen molar-refractivity contribution in [3.8, 4) is 0 Å². The Balaban J connectivity index is 2.20. The Kier molecular flexibility index (Phi) is 3.13. The van der Waals surface area contributed by atoms with Gasteiger partial charge in [0.1, 0.15) is 11.9 Å². The first-order valence-electron chi connectivity index (χ1n) is 4.85. The van der Waals surface area contributed by atoms with Crippen LogP contribution in [0, 0.1) is 5.92 Å². The van der Waals surface area contributed by atoms with Crippen LogP contribution in [0.1, 0.15) is 33.6 Å². The molecule has 1 saturated carbocycles. The summed E-state index contributed by atoms with van der Waals surface area (Å²) in [5.74, 6) is 0.319. The van der Waals surface area contributed by atoms with Crippen LogP contribution in [0.4, 0.5) is 4.79 Å². The van der Waals surface area contributed by atoms with Gasteiger partial charge in [-0.25, -0.2) is 4.79 Å². The highest BCUT2D eigenvalue weighted by molar-refractivity contribution is 5.68. The second kappa shape index (κ2) is 3.98. The van der Waals surface area contributed by atoms with Crippen molar-refractivity contribution in [1.82, 2.24) is 5.32 Å². The predicted molar refractivity (Wildman–Crippen MR) is 51.9 cm³/mol. The first-order chi connectivity index (χ1) is 6.42. The predicted octanol–water partition coefficient (Wildman–Crippen LogP) is 1.49. The third kappa shape index (κ3) is 3.77. The molecule has 1 aliphatic carbocycles. The van der Waals surface area contributed by atoms with Crippen molar-refractivity contribution in [1.29, 1.82) is 0 Å². The van der Waals surface area contributed by atoms with Crippen molar-refractivity contribution in [2.75, 3.05) is 0 Å². The normalized spacial score (nSPS) is 25.4. The van der Waals surface area contributed by atoms with Gasteiger partial charge in [-0.2, -0.15) is 0 Å². The van der Waals surface area contributed by atoms with Crippen LogP contribution in [-0.2, 0) is 9.53 Å². The molecule has 4 heteroatoms. The molecule has 0 saturated heterocycles. The molecule has 0 radical (unpaired) electrons. The fourth-order valence-electron chi connectivity index (χ4n) is 1.27. The Bertz CT molecular complexity index is 232. The standard InChI is InChI=1S/C10H17NO3/c1-10(2,3)14-9(13)11-8-6-7(8)4-5-12/h5,7-8H,4,6H2,1-3H3,(H,11,13)/t7-,8-/m0/s1. The molecule has 1 N–H and O–H groups in total. The zero-order chi connectivity index (χ0) is 10.8.